The third-order valence-corrected chi connectivity index (χ3v) is 14.0. The molecule has 0 spiro atoms. The van der Waals surface area contributed by atoms with Crippen LogP contribution >= 0.6 is 0 Å². The maximum atomic E-state index is 6.56. The van der Waals surface area contributed by atoms with Crippen molar-refractivity contribution >= 4 is 49.8 Å². The Hall–Kier alpha value is -8.72. The number of para-hydroxylation sites is 1. The first-order valence-electron chi connectivity index (χ1n) is 23.1. The molecular formula is C65H43NO. The van der Waals surface area contributed by atoms with Crippen LogP contribution in [0.15, 0.2) is 265 Å². The molecule has 2 nitrogen and oxygen atoms in total. The van der Waals surface area contributed by atoms with Crippen molar-refractivity contribution in [1.29, 1.82) is 0 Å². The normalized spacial score (nSPS) is 12.6. The van der Waals surface area contributed by atoms with E-state index >= 15 is 0 Å². The smallest absolute Gasteiger partial charge is 0.143 e. The number of benzene rings is 11. The number of hydrogen-bond donors (Lipinski definition) is 0. The summed E-state index contributed by atoms with van der Waals surface area (Å²) in [5, 5.41) is 4.71. The third-order valence-electron chi connectivity index (χ3n) is 14.0. The molecule has 0 N–H and O–H groups in total. The van der Waals surface area contributed by atoms with Gasteiger partial charge in [0.25, 0.3) is 0 Å². The molecule has 1 heterocycles. The highest BCUT2D eigenvalue weighted by Gasteiger charge is 2.47. The van der Waals surface area contributed by atoms with E-state index in [1.165, 1.54) is 55.3 Å². The topological polar surface area (TPSA) is 16.4 Å². The summed E-state index contributed by atoms with van der Waals surface area (Å²) < 4.78 is 6.56. The van der Waals surface area contributed by atoms with E-state index in [4.69, 9.17) is 4.42 Å². The maximum absolute atomic E-state index is 6.56. The van der Waals surface area contributed by atoms with Crippen LogP contribution in [0.3, 0.4) is 0 Å². The Morgan fingerprint density at radius 1 is 0.328 bits per heavy atom. The molecule has 13 rings (SSSR count). The van der Waals surface area contributed by atoms with E-state index in [-0.39, 0.29) is 0 Å². The largest absolute Gasteiger partial charge is 0.455 e. The van der Waals surface area contributed by atoms with Crippen LogP contribution in [0.5, 0.6) is 0 Å². The second-order valence-corrected chi connectivity index (χ2v) is 17.6. The average Bonchev–Trinajstić information content (AvgIpc) is 3.94. The zero-order chi connectivity index (χ0) is 44.3. The number of nitrogens with zero attached hydrogens (tertiary/aromatic N) is 1. The molecule has 0 radical (unpaired) electrons. The van der Waals surface area contributed by atoms with Gasteiger partial charge in [0, 0.05) is 33.3 Å². The van der Waals surface area contributed by atoms with E-state index in [1.54, 1.807) is 0 Å². The molecule has 0 aliphatic heterocycles. The Kier molecular flexibility index (Phi) is 9.11. The third kappa shape index (κ3) is 6.26. The number of anilines is 3. The second-order valence-electron chi connectivity index (χ2n) is 17.6. The summed E-state index contributed by atoms with van der Waals surface area (Å²) in [6.45, 7) is 0. The van der Waals surface area contributed by atoms with Crippen LogP contribution < -0.4 is 4.90 Å². The zero-order valence-corrected chi connectivity index (χ0v) is 36.7. The lowest BCUT2D eigenvalue weighted by Crippen LogP contribution is -2.28. The van der Waals surface area contributed by atoms with Gasteiger partial charge in [-0.1, -0.05) is 212 Å². The second kappa shape index (κ2) is 15.8. The van der Waals surface area contributed by atoms with Crippen LogP contribution in [0.1, 0.15) is 22.3 Å². The Labute approximate surface area is 390 Å². The highest BCUT2D eigenvalue weighted by atomic mass is 16.3. The first-order chi connectivity index (χ1) is 33.2. The summed E-state index contributed by atoms with van der Waals surface area (Å²) in [6, 6.07) is 95.0. The lowest BCUT2D eigenvalue weighted by molar-refractivity contribution is 0.670. The minimum atomic E-state index is -0.516. The van der Waals surface area contributed by atoms with E-state index in [0.717, 1.165) is 61.3 Å². The van der Waals surface area contributed by atoms with Crippen LogP contribution in [0.4, 0.5) is 17.1 Å². The van der Waals surface area contributed by atoms with Crippen molar-refractivity contribution in [3.05, 3.63) is 283 Å². The number of rotatable bonds is 8. The fourth-order valence-corrected chi connectivity index (χ4v) is 10.9. The van der Waals surface area contributed by atoms with Crippen molar-refractivity contribution in [2.45, 2.75) is 5.41 Å². The SMILES string of the molecule is c1ccc(-c2cccc3c2oc2ccc(-c4ccc(N(c5ccc(-c6ccc7ccccc7c6)cc5)c5cccc6c5-c5ccccc5C6(c5ccccc5)c5ccccc5)cc4)cc23)cc1. The van der Waals surface area contributed by atoms with Gasteiger partial charge in [-0.2, -0.15) is 0 Å². The average molecular weight is 854 g/mol. The quantitative estimate of drug-likeness (QED) is 0.151. The predicted octanol–water partition coefficient (Wildman–Crippen LogP) is 17.6. The molecule has 12 aromatic rings. The van der Waals surface area contributed by atoms with Crippen molar-refractivity contribution in [2.75, 3.05) is 4.90 Å². The first-order valence-corrected chi connectivity index (χ1v) is 23.1. The molecule has 0 unspecified atom stereocenters. The summed E-state index contributed by atoms with van der Waals surface area (Å²) in [6.07, 6.45) is 0. The van der Waals surface area contributed by atoms with Gasteiger partial charge in [0.2, 0.25) is 0 Å². The summed E-state index contributed by atoms with van der Waals surface area (Å²) in [7, 11) is 0. The highest BCUT2D eigenvalue weighted by Crippen LogP contribution is 2.59. The van der Waals surface area contributed by atoms with Crippen molar-refractivity contribution < 1.29 is 4.42 Å². The zero-order valence-electron chi connectivity index (χ0n) is 36.7. The van der Waals surface area contributed by atoms with Crippen LogP contribution in [-0.2, 0) is 5.41 Å². The minimum absolute atomic E-state index is 0.516. The molecular weight excluding hydrogens is 811 g/mol. The molecule has 0 amide bonds. The lowest BCUT2D eigenvalue weighted by atomic mass is 9.68. The molecule has 0 saturated carbocycles. The van der Waals surface area contributed by atoms with Crippen molar-refractivity contribution in [3.8, 4) is 44.5 Å². The standard InChI is InChI=1S/C65H43NO/c1-4-17-47(18-5-1)55-25-14-26-56-58-43-50(36-41-62(58)67-64(55)56)46-34-39-54(40-35-46)66(53-37-32-45(33-38-53)49-31-30-44-16-10-11-19-48(44)42-49)61-29-15-28-60-63(61)57-24-12-13-27-59(57)65(60,51-20-6-2-7-21-51)52-22-8-3-9-23-52/h1-43H. The molecule has 1 aliphatic rings. The fourth-order valence-electron chi connectivity index (χ4n) is 10.9. The van der Waals surface area contributed by atoms with E-state index in [0.29, 0.717) is 0 Å². The fraction of sp³-hybridized carbons (Fsp3) is 0.0154. The van der Waals surface area contributed by atoms with Gasteiger partial charge in [-0.05, 0) is 115 Å². The lowest BCUT2D eigenvalue weighted by Gasteiger charge is -2.34. The molecule has 0 atom stereocenters. The van der Waals surface area contributed by atoms with Gasteiger partial charge in [-0.25, -0.2) is 0 Å². The van der Waals surface area contributed by atoms with E-state index in [9.17, 15) is 0 Å². The van der Waals surface area contributed by atoms with Crippen LogP contribution in [0, 0.1) is 0 Å². The molecule has 0 bridgehead atoms. The van der Waals surface area contributed by atoms with Crippen LogP contribution in [-0.4, -0.2) is 0 Å². The van der Waals surface area contributed by atoms with E-state index < -0.39 is 5.41 Å². The minimum Gasteiger partial charge on any atom is -0.455 e. The summed E-state index contributed by atoms with van der Waals surface area (Å²) in [5.41, 5.74) is 19.0. The van der Waals surface area contributed by atoms with Gasteiger partial charge in [-0.15, -0.1) is 0 Å². The molecule has 11 aromatic carbocycles. The van der Waals surface area contributed by atoms with Gasteiger partial charge in [0.05, 0.1) is 11.1 Å². The number of fused-ring (bicyclic) bond motifs is 7. The number of furan rings is 1. The Morgan fingerprint density at radius 3 is 1.57 bits per heavy atom. The molecule has 314 valence electrons. The summed E-state index contributed by atoms with van der Waals surface area (Å²) >= 11 is 0. The van der Waals surface area contributed by atoms with Crippen LogP contribution in [0.25, 0.3) is 77.2 Å². The molecule has 0 saturated heterocycles. The monoisotopic (exact) mass is 853 g/mol. The van der Waals surface area contributed by atoms with Gasteiger partial charge >= 0.3 is 0 Å². The summed E-state index contributed by atoms with van der Waals surface area (Å²) in [5.74, 6) is 0. The molecule has 1 aliphatic carbocycles. The van der Waals surface area contributed by atoms with Crippen molar-refractivity contribution in [3.63, 3.8) is 0 Å². The molecule has 67 heavy (non-hydrogen) atoms. The molecule has 1 aromatic heterocycles. The maximum Gasteiger partial charge on any atom is 0.143 e. The van der Waals surface area contributed by atoms with Gasteiger partial charge in [0.15, 0.2) is 0 Å². The Bertz CT molecular complexity index is 3740. The van der Waals surface area contributed by atoms with E-state index in [2.05, 4.69) is 266 Å². The van der Waals surface area contributed by atoms with Gasteiger partial charge in [0.1, 0.15) is 11.2 Å². The molecule has 2 heteroatoms. The number of hydrogen-bond acceptors (Lipinski definition) is 2. The first kappa shape index (κ1) is 38.7. The van der Waals surface area contributed by atoms with E-state index in [1.807, 2.05) is 0 Å². The van der Waals surface area contributed by atoms with Gasteiger partial charge in [-0.3, -0.25) is 0 Å². The Morgan fingerprint density at radius 2 is 0.866 bits per heavy atom. The van der Waals surface area contributed by atoms with Crippen molar-refractivity contribution in [2.24, 2.45) is 0 Å². The van der Waals surface area contributed by atoms with Gasteiger partial charge < -0.3 is 9.32 Å². The highest BCUT2D eigenvalue weighted by molar-refractivity contribution is 6.10. The Balaban J connectivity index is 0.973. The molecule has 0 fully saturated rings. The van der Waals surface area contributed by atoms with Crippen molar-refractivity contribution in [1.82, 2.24) is 0 Å². The summed E-state index contributed by atoms with van der Waals surface area (Å²) in [4.78, 5) is 2.45. The predicted molar refractivity (Wildman–Crippen MR) is 280 cm³/mol. The van der Waals surface area contributed by atoms with Crippen LogP contribution in [0.2, 0.25) is 0 Å².